The van der Waals surface area contributed by atoms with E-state index in [1.165, 1.54) is 0 Å². The van der Waals surface area contributed by atoms with Crippen LogP contribution in [0, 0.1) is 13.8 Å². The van der Waals surface area contributed by atoms with Crippen molar-refractivity contribution in [3.8, 4) is 11.1 Å². The molecule has 1 aliphatic carbocycles. The quantitative estimate of drug-likeness (QED) is 0.604. The van der Waals surface area contributed by atoms with Crippen LogP contribution in [0.3, 0.4) is 0 Å². The minimum atomic E-state index is -1.09. The first-order valence-electron chi connectivity index (χ1n) is 10.3. The molecule has 0 spiro atoms. The lowest BCUT2D eigenvalue weighted by Crippen LogP contribution is -2.42. The van der Waals surface area contributed by atoms with Crippen molar-refractivity contribution in [1.82, 2.24) is 5.32 Å². The van der Waals surface area contributed by atoms with E-state index < -0.39 is 18.1 Å². The number of aliphatic carboxylic acids is 1. The highest BCUT2D eigenvalue weighted by molar-refractivity contribution is 5.81. The molecular weight excluding hydrogens is 390 g/mol. The molecule has 158 valence electrons. The van der Waals surface area contributed by atoms with Gasteiger partial charge in [0.15, 0.2) is 0 Å². The Bertz CT molecular complexity index is 1070. The monoisotopic (exact) mass is 415 g/mol. The van der Waals surface area contributed by atoms with Crippen LogP contribution in [0.25, 0.3) is 11.1 Å². The highest BCUT2D eigenvalue weighted by Crippen LogP contribution is 2.44. The summed E-state index contributed by atoms with van der Waals surface area (Å²) in [5.41, 5.74) is 7.49. The second-order valence-electron chi connectivity index (χ2n) is 8.06. The summed E-state index contributed by atoms with van der Waals surface area (Å²) in [7, 11) is 0. The fourth-order valence-electron chi connectivity index (χ4n) is 4.40. The van der Waals surface area contributed by atoms with Crippen molar-refractivity contribution in [3.63, 3.8) is 0 Å². The molecule has 5 heteroatoms. The van der Waals surface area contributed by atoms with Crippen LogP contribution < -0.4 is 5.32 Å². The normalized spacial score (nSPS) is 13.2. The van der Waals surface area contributed by atoms with Gasteiger partial charge in [0.2, 0.25) is 0 Å². The number of aryl methyl sites for hydroxylation is 2. The van der Waals surface area contributed by atoms with Gasteiger partial charge in [-0.15, -0.1) is 0 Å². The smallest absolute Gasteiger partial charge is 0.407 e. The summed E-state index contributed by atoms with van der Waals surface area (Å²) >= 11 is 0. The lowest BCUT2D eigenvalue weighted by atomic mass is 9.98. The highest BCUT2D eigenvalue weighted by atomic mass is 16.5. The number of carbonyl (C=O) groups excluding carboxylic acids is 1. The number of nitrogens with one attached hydrogen (secondary N) is 1. The average Bonchev–Trinajstić information content (AvgIpc) is 3.05. The maximum Gasteiger partial charge on any atom is 0.407 e. The van der Waals surface area contributed by atoms with Crippen LogP contribution in [0.5, 0.6) is 0 Å². The first-order chi connectivity index (χ1) is 14.9. The Morgan fingerprint density at radius 3 is 2.03 bits per heavy atom. The van der Waals surface area contributed by atoms with Crippen LogP contribution in [0.15, 0.2) is 66.7 Å². The van der Waals surface area contributed by atoms with Crippen molar-refractivity contribution < 1.29 is 19.4 Å². The number of alkyl carbamates (subject to hydrolysis) is 1. The predicted octanol–water partition coefficient (Wildman–Crippen LogP) is 4.84. The molecule has 0 unspecified atom stereocenters. The lowest BCUT2D eigenvalue weighted by Gasteiger charge is -2.18. The summed E-state index contributed by atoms with van der Waals surface area (Å²) in [5.74, 6) is -1.16. The van der Waals surface area contributed by atoms with E-state index in [0.717, 1.165) is 38.9 Å². The molecule has 1 atom stereocenters. The van der Waals surface area contributed by atoms with E-state index in [4.69, 9.17) is 4.74 Å². The molecule has 0 aliphatic heterocycles. The average molecular weight is 415 g/mol. The van der Waals surface area contributed by atoms with Gasteiger partial charge < -0.3 is 15.2 Å². The van der Waals surface area contributed by atoms with Crippen molar-refractivity contribution in [2.75, 3.05) is 6.61 Å². The van der Waals surface area contributed by atoms with E-state index in [-0.39, 0.29) is 18.9 Å². The van der Waals surface area contributed by atoms with Gasteiger partial charge >= 0.3 is 12.1 Å². The maximum absolute atomic E-state index is 12.5. The molecule has 4 rings (SSSR count). The Balaban J connectivity index is 1.44. The number of fused-ring (bicyclic) bond motifs is 3. The van der Waals surface area contributed by atoms with Crippen molar-refractivity contribution in [2.45, 2.75) is 32.2 Å². The summed E-state index contributed by atoms with van der Waals surface area (Å²) in [5, 5.41) is 12.1. The number of carboxylic acid groups (broad SMARTS) is 1. The Kier molecular flexibility index (Phi) is 5.76. The van der Waals surface area contributed by atoms with Gasteiger partial charge in [0, 0.05) is 12.3 Å². The molecule has 0 saturated heterocycles. The molecule has 31 heavy (non-hydrogen) atoms. The first-order valence-corrected chi connectivity index (χ1v) is 10.3. The molecule has 0 bridgehead atoms. The van der Waals surface area contributed by atoms with Crippen molar-refractivity contribution in [3.05, 3.63) is 94.5 Å². The van der Waals surface area contributed by atoms with E-state index in [2.05, 4.69) is 17.4 Å². The molecule has 1 amide bonds. The number of benzene rings is 3. The number of hydrogen-bond acceptors (Lipinski definition) is 3. The molecule has 0 aromatic heterocycles. The highest BCUT2D eigenvalue weighted by Gasteiger charge is 2.29. The Morgan fingerprint density at radius 1 is 0.935 bits per heavy atom. The third-order valence-electron chi connectivity index (χ3n) is 5.66. The molecule has 1 aliphatic rings. The van der Waals surface area contributed by atoms with Crippen LogP contribution in [0.2, 0.25) is 0 Å². The second-order valence-corrected chi connectivity index (χ2v) is 8.06. The third kappa shape index (κ3) is 4.45. The van der Waals surface area contributed by atoms with Gasteiger partial charge in [0.25, 0.3) is 0 Å². The summed E-state index contributed by atoms with van der Waals surface area (Å²) in [6.07, 6.45) is -0.527. The molecule has 5 nitrogen and oxygen atoms in total. The Labute approximate surface area is 181 Å². The zero-order valence-electron chi connectivity index (χ0n) is 17.6. The summed E-state index contributed by atoms with van der Waals surface area (Å²) in [6, 6.07) is 21.0. The maximum atomic E-state index is 12.5. The molecule has 3 aromatic carbocycles. The van der Waals surface area contributed by atoms with Gasteiger partial charge in [0.1, 0.15) is 12.6 Å². The van der Waals surface area contributed by atoms with Crippen LogP contribution in [0.1, 0.15) is 33.7 Å². The summed E-state index contributed by atoms with van der Waals surface area (Å²) in [6.45, 7) is 4.08. The van der Waals surface area contributed by atoms with Gasteiger partial charge in [-0.25, -0.2) is 9.59 Å². The summed E-state index contributed by atoms with van der Waals surface area (Å²) in [4.78, 5) is 24.2. The van der Waals surface area contributed by atoms with Crippen LogP contribution >= 0.6 is 0 Å². The zero-order chi connectivity index (χ0) is 22.0. The minimum absolute atomic E-state index is 0.0687. The number of rotatable bonds is 6. The minimum Gasteiger partial charge on any atom is -0.480 e. The van der Waals surface area contributed by atoms with Crippen LogP contribution in [-0.4, -0.2) is 29.8 Å². The Morgan fingerprint density at radius 2 is 1.48 bits per heavy atom. The first kappa shape index (κ1) is 20.7. The van der Waals surface area contributed by atoms with E-state index in [1.54, 1.807) is 0 Å². The molecule has 3 aromatic rings. The van der Waals surface area contributed by atoms with E-state index in [9.17, 15) is 14.7 Å². The van der Waals surface area contributed by atoms with Gasteiger partial charge in [-0.2, -0.15) is 0 Å². The second kappa shape index (κ2) is 8.64. The van der Waals surface area contributed by atoms with Crippen molar-refractivity contribution in [1.29, 1.82) is 0 Å². The third-order valence-corrected chi connectivity index (χ3v) is 5.66. The standard InChI is InChI=1S/C26H25NO4/c1-16-11-17(2)13-18(12-16)14-24(25(28)29)27-26(30)31-15-23-21-9-5-3-7-19(21)20-8-4-6-10-22(20)23/h3-13,23-24H,14-15H2,1-2H3,(H,27,30)(H,28,29)/t24-/m1/s1. The molecule has 0 saturated carbocycles. The fraction of sp³-hybridized carbons (Fsp3) is 0.231. The topological polar surface area (TPSA) is 75.6 Å². The lowest BCUT2D eigenvalue weighted by molar-refractivity contribution is -0.139. The van der Waals surface area contributed by atoms with Gasteiger partial charge in [0.05, 0.1) is 0 Å². The van der Waals surface area contributed by atoms with Gasteiger partial charge in [-0.1, -0.05) is 77.9 Å². The van der Waals surface area contributed by atoms with Crippen LogP contribution in [0.4, 0.5) is 4.79 Å². The van der Waals surface area contributed by atoms with E-state index in [1.807, 2.05) is 68.4 Å². The van der Waals surface area contributed by atoms with Gasteiger partial charge in [-0.05, 0) is 41.7 Å². The molecule has 0 radical (unpaired) electrons. The summed E-state index contributed by atoms with van der Waals surface area (Å²) < 4.78 is 5.49. The van der Waals surface area contributed by atoms with Gasteiger partial charge in [-0.3, -0.25) is 0 Å². The number of hydrogen-bond donors (Lipinski definition) is 2. The SMILES string of the molecule is Cc1cc(C)cc(C[C@@H](NC(=O)OCC2c3ccccc3-c3ccccc32)C(=O)O)c1. The molecular formula is C26H25NO4. The largest absolute Gasteiger partial charge is 0.480 e. The fourth-order valence-corrected chi connectivity index (χ4v) is 4.40. The zero-order valence-corrected chi connectivity index (χ0v) is 17.6. The molecule has 0 fully saturated rings. The van der Waals surface area contributed by atoms with Crippen molar-refractivity contribution in [2.24, 2.45) is 0 Å². The van der Waals surface area contributed by atoms with Crippen LogP contribution in [-0.2, 0) is 16.0 Å². The molecule has 0 heterocycles. The number of carbonyl (C=O) groups is 2. The van der Waals surface area contributed by atoms with Crippen molar-refractivity contribution >= 4 is 12.1 Å². The van der Waals surface area contributed by atoms with E-state index >= 15 is 0 Å². The number of ether oxygens (including phenoxy) is 1. The molecule has 2 N–H and O–H groups in total. The predicted molar refractivity (Wildman–Crippen MR) is 119 cm³/mol. The number of amides is 1. The number of carboxylic acids is 1. The van der Waals surface area contributed by atoms with E-state index in [0.29, 0.717) is 0 Å². The Hall–Kier alpha value is -3.60.